The Morgan fingerprint density at radius 1 is 0.391 bits per heavy atom. The van der Waals surface area contributed by atoms with Crippen LogP contribution < -0.4 is 4.90 Å². The highest BCUT2D eigenvalue weighted by molar-refractivity contribution is 6.19. The molecule has 9 aromatic rings. The van der Waals surface area contributed by atoms with Gasteiger partial charge in [0.2, 0.25) is 0 Å². The molecule has 0 aliphatic rings. The maximum absolute atomic E-state index is 6.58. The van der Waals surface area contributed by atoms with Crippen LogP contribution in [-0.2, 0) is 0 Å². The largest absolute Gasteiger partial charge is 0.455 e. The van der Waals surface area contributed by atoms with Crippen molar-refractivity contribution in [1.29, 1.82) is 0 Å². The highest BCUT2D eigenvalue weighted by Crippen LogP contribution is 2.46. The van der Waals surface area contributed by atoms with Crippen LogP contribution >= 0.6 is 0 Å². The molecule has 1 aromatic heterocycles. The summed E-state index contributed by atoms with van der Waals surface area (Å²) in [5.74, 6) is 0. The molecule has 0 fully saturated rings. The van der Waals surface area contributed by atoms with E-state index < -0.39 is 0 Å². The van der Waals surface area contributed by atoms with Crippen LogP contribution in [0.5, 0.6) is 0 Å². The van der Waals surface area contributed by atoms with Gasteiger partial charge in [0.05, 0.1) is 5.69 Å². The second kappa shape index (κ2) is 10.8. The van der Waals surface area contributed by atoms with E-state index in [1.807, 2.05) is 0 Å². The van der Waals surface area contributed by atoms with Gasteiger partial charge in [-0.15, -0.1) is 0 Å². The van der Waals surface area contributed by atoms with Crippen molar-refractivity contribution < 1.29 is 4.42 Å². The third-order valence-corrected chi connectivity index (χ3v) is 9.02. The Morgan fingerprint density at radius 3 is 1.98 bits per heavy atom. The minimum atomic E-state index is 0.892. The fraction of sp³-hybridized carbons (Fsp3) is 0. The number of hydrogen-bond acceptors (Lipinski definition) is 2. The molecule has 216 valence electrons. The monoisotopic (exact) mass is 587 g/mol. The van der Waals surface area contributed by atoms with Gasteiger partial charge in [-0.1, -0.05) is 127 Å². The van der Waals surface area contributed by atoms with Gasteiger partial charge in [0.25, 0.3) is 0 Å². The van der Waals surface area contributed by atoms with Crippen LogP contribution in [0.1, 0.15) is 0 Å². The molecule has 0 bridgehead atoms. The van der Waals surface area contributed by atoms with Crippen molar-refractivity contribution in [3.63, 3.8) is 0 Å². The summed E-state index contributed by atoms with van der Waals surface area (Å²) in [6.07, 6.45) is 0. The Labute approximate surface area is 267 Å². The molecule has 9 rings (SSSR count). The van der Waals surface area contributed by atoms with E-state index >= 15 is 0 Å². The third kappa shape index (κ3) is 4.35. The van der Waals surface area contributed by atoms with E-state index in [0.29, 0.717) is 0 Å². The van der Waals surface area contributed by atoms with E-state index in [1.165, 1.54) is 27.3 Å². The number of anilines is 3. The molecule has 0 saturated carbocycles. The van der Waals surface area contributed by atoms with E-state index in [2.05, 4.69) is 181 Å². The van der Waals surface area contributed by atoms with Crippen molar-refractivity contribution in [2.75, 3.05) is 4.90 Å². The lowest BCUT2D eigenvalue weighted by atomic mass is 9.96. The number of benzene rings is 8. The van der Waals surface area contributed by atoms with Gasteiger partial charge in [0.1, 0.15) is 11.2 Å². The highest BCUT2D eigenvalue weighted by atomic mass is 16.3. The number of hydrogen-bond donors (Lipinski definition) is 0. The molecular formula is C44H29NO. The van der Waals surface area contributed by atoms with E-state index in [-0.39, 0.29) is 0 Å². The molecule has 0 N–H and O–H groups in total. The van der Waals surface area contributed by atoms with Crippen LogP contribution in [0.2, 0.25) is 0 Å². The summed E-state index contributed by atoms with van der Waals surface area (Å²) in [6, 6.07) is 62.7. The smallest absolute Gasteiger partial charge is 0.143 e. The summed E-state index contributed by atoms with van der Waals surface area (Å²) < 4.78 is 6.58. The van der Waals surface area contributed by atoms with Crippen molar-refractivity contribution in [2.24, 2.45) is 0 Å². The lowest BCUT2D eigenvalue weighted by Crippen LogP contribution is -2.11. The summed E-state index contributed by atoms with van der Waals surface area (Å²) in [4.78, 5) is 2.37. The van der Waals surface area contributed by atoms with Gasteiger partial charge in [-0.05, 0) is 81.4 Å². The first kappa shape index (κ1) is 26.3. The fourth-order valence-corrected chi connectivity index (χ4v) is 6.87. The first-order chi connectivity index (χ1) is 22.8. The number of furan rings is 1. The summed E-state index contributed by atoms with van der Waals surface area (Å²) in [5, 5.41) is 7.06. The Morgan fingerprint density at radius 2 is 1.07 bits per heavy atom. The van der Waals surface area contributed by atoms with E-state index in [4.69, 9.17) is 4.42 Å². The predicted octanol–water partition coefficient (Wildman–Crippen LogP) is 12.7. The Kier molecular flexibility index (Phi) is 6.17. The summed E-state index contributed by atoms with van der Waals surface area (Å²) in [7, 11) is 0. The predicted molar refractivity (Wildman–Crippen MR) is 194 cm³/mol. The van der Waals surface area contributed by atoms with Crippen molar-refractivity contribution in [3.8, 4) is 22.3 Å². The zero-order chi connectivity index (χ0) is 30.5. The molecule has 0 aliphatic carbocycles. The molecule has 0 aliphatic heterocycles. The van der Waals surface area contributed by atoms with Crippen molar-refractivity contribution in [2.45, 2.75) is 0 Å². The Balaban J connectivity index is 1.26. The lowest BCUT2D eigenvalue weighted by Gasteiger charge is -2.28. The molecule has 2 heteroatoms. The van der Waals surface area contributed by atoms with Gasteiger partial charge in [-0.2, -0.15) is 0 Å². The molecule has 0 radical (unpaired) electrons. The normalized spacial score (nSPS) is 11.5. The second-order valence-corrected chi connectivity index (χ2v) is 11.7. The van der Waals surface area contributed by atoms with Crippen LogP contribution in [0.15, 0.2) is 180 Å². The van der Waals surface area contributed by atoms with Gasteiger partial charge in [0.15, 0.2) is 0 Å². The summed E-state index contributed by atoms with van der Waals surface area (Å²) in [6.45, 7) is 0. The van der Waals surface area contributed by atoms with Crippen LogP contribution in [0.3, 0.4) is 0 Å². The average molecular weight is 588 g/mol. The minimum Gasteiger partial charge on any atom is -0.455 e. The highest BCUT2D eigenvalue weighted by Gasteiger charge is 2.21. The zero-order valence-corrected chi connectivity index (χ0v) is 25.1. The van der Waals surface area contributed by atoms with Gasteiger partial charge in [-0.25, -0.2) is 0 Å². The Bertz CT molecular complexity index is 2540. The lowest BCUT2D eigenvalue weighted by molar-refractivity contribution is 0.673. The second-order valence-electron chi connectivity index (χ2n) is 11.7. The van der Waals surface area contributed by atoms with Crippen molar-refractivity contribution in [1.82, 2.24) is 0 Å². The first-order valence-electron chi connectivity index (χ1n) is 15.7. The van der Waals surface area contributed by atoms with E-state index in [1.54, 1.807) is 0 Å². The topological polar surface area (TPSA) is 16.4 Å². The van der Waals surface area contributed by atoms with Crippen LogP contribution in [0, 0.1) is 0 Å². The van der Waals surface area contributed by atoms with E-state index in [9.17, 15) is 0 Å². The maximum atomic E-state index is 6.58. The van der Waals surface area contributed by atoms with Crippen molar-refractivity contribution >= 4 is 60.5 Å². The number of nitrogens with zero attached hydrogens (tertiary/aromatic N) is 1. The van der Waals surface area contributed by atoms with Crippen molar-refractivity contribution in [3.05, 3.63) is 176 Å². The van der Waals surface area contributed by atoms with Crippen LogP contribution in [-0.4, -0.2) is 0 Å². The molecule has 46 heavy (non-hydrogen) atoms. The van der Waals surface area contributed by atoms with E-state index in [0.717, 1.165) is 55.5 Å². The standard InChI is InChI=1S/C44H29NO/c1-2-16-35(17-3-1)45(36-18-10-15-33(29-36)34-25-24-30-12-4-5-14-32(30)28-34)41-22-9-8-20-38(41)39-21-11-23-42-43(39)40-27-26-31-13-6-7-19-37(31)44(40)46-42/h1-29H. The fourth-order valence-electron chi connectivity index (χ4n) is 6.87. The number of rotatable bonds is 5. The molecule has 0 spiro atoms. The summed E-state index contributed by atoms with van der Waals surface area (Å²) >= 11 is 0. The first-order valence-corrected chi connectivity index (χ1v) is 15.7. The quantitative estimate of drug-likeness (QED) is 0.199. The Hall–Kier alpha value is -6.12. The molecule has 0 amide bonds. The van der Waals surface area contributed by atoms with Crippen LogP contribution in [0.25, 0.3) is 65.7 Å². The van der Waals surface area contributed by atoms with Gasteiger partial charge in [0, 0.05) is 33.1 Å². The van der Waals surface area contributed by atoms with Gasteiger partial charge >= 0.3 is 0 Å². The zero-order valence-electron chi connectivity index (χ0n) is 25.1. The number of para-hydroxylation sites is 2. The molecule has 8 aromatic carbocycles. The summed E-state index contributed by atoms with van der Waals surface area (Å²) in [5.41, 5.74) is 9.79. The van der Waals surface area contributed by atoms with Gasteiger partial charge in [-0.3, -0.25) is 0 Å². The van der Waals surface area contributed by atoms with Gasteiger partial charge < -0.3 is 9.32 Å². The molecular weight excluding hydrogens is 558 g/mol. The third-order valence-electron chi connectivity index (χ3n) is 9.02. The number of fused-ring (bicyclic) bond motifs is 6. The molecule has 0 saturated heterocycles. The molecule has 0 atom stereocenters. The molecule has 1 heterocycles. The minimum absolute atomic E-state index is 0.892. The maximum Gasteiger partial charge on any atom is 0.143 e. The SMILES string of the molecule is c1ccc(N(c2cccc(-c3ccc4ccccc4c3)c2)c2ccccc2-c2cccc3oc4c5ccccc5ccc4c23)cc1. The van der Waals surface area contributed by atoms with Crippen LogP contribution in [0.4, 0.5) is 17.1 Å². The molecule has 2 nitrogen and oxygen atoms in total. The molecule has 0 unspecified atom stereocenters. The average Bonchev–Trinajstić information content (AvgIpc) is 3.52.